The molecule has 0 aliphatic carbocycles. The summed E-state index contributed by atoms with van der Waals surface area (Å²) in [5.41, 5.74) is -2.00. The third-order valence-electron chi connectivity index (χ3n) is 4.18. The van der Waals surface area contributed by atoms with Crippen LogP contribution in [0.1, 0.15) is 16.7 Å². The number of nitrogen functional groups attached to an aromatic ring is 1. The van der Waals surface area contributed by atoms with Crippen molar-refractivity contribution >= 4 is 23.4 Å². The van der Waals surface area contributed by atoms with Crippen LogP contribution in [0.25, 0.3) is 11.4 Å². The molecule has 0 fully saturated rings. The van der Waals surface area contributed by atoms with E-state index in [9.17, 15) is 31.1 Å². The van der Waals surface area contributed by atoms with Crippen LogP contribution in [0.15, 0.2) is 47.6 Å². The molecule has 3 rings (SSSR count). The Morgan fingerprint density at radius 1 is 1.00 bits per heavy atom. The summed E-state index contributed by atoms with van der Waals surface area (Å²) < 4.78 is 78.7. The topological polar surface area (TPSA) is 85.8 Å². The quantitative estimate of drug-likeness (QED) is 0.317. The first-order valence-corrected chi connectivity index (χ1v) is 9.83. The summed E-state index contributed by atoms with van der Waals surface area (Å²) in [4.78, 5) is 12.1. The van der Waals surface area contributed by atoms with E-state index in [0.717, 1.165) is 22.0 Å². The van der Waals surface area contributed by atoms with E-state index in [2.05, 4.69) is 10.2 Å². The molecule has 1 heterocycles. The van der Waals surface area contributed by atoms with Crippen LogP contribution in [0.5, 0.6) is 0 Å². The number of carbonyl (C=O) groups excluding carboxylic acids is 1. The summed E-state index contributed by atoms with van der Waals surface area (Å²) in [6, 6.07) is 8.07. The van der Waals surface area contributed by atoms with Gasteiger partial charge in [-0.25, -0.2) is 4.68 Å². The van der Waals surface area contributed by atoms with Crippen molar-refractivity contribution < 1.29 is 31.1 Å². The van der Waals surface area contributed by atoms with Crippen molar-refractivity contribution in [3.8, 4) is 11.4 Å². The van der Waals surface area contributed by atoms with Gasteiger partial charge in [-0.3, -0.25) is 4.79 Å². The molecule has 0 saturated carbocycles. The van der Waals surface area contributed by atoms with Gasteiger partial charge < -0.3 is 11.2 Å². The Hall–Kier alpha value is -3.22. The minimum Gasteiger partial charge on any atom is -0.335 e. The minimum absolute atomic E-state index is 0.0199. The van der Waals surface area contributed by atoms with Crippen LogP contribution in [0.4, 0.5) is 32.0 Å². The van der Waals surface area contributed by atoms with Crippen LogP contribution >= 0.6 is 11.8 Å². The molecule has 1 amide bonds. The van der Waals surface area contributed by atoms with E-state index in [0.29, 0.717) is 23.5 Å². The van der Waals surface area contributed by atoms with Gasteiger partial charge in [-0.1, -0.05) is 41.6 Å². The fraction of sp³-hybridized carbons (Fsp3) is 0.211. The summed E-state index contributed by atoms with van der Waals surface area (Å²) in [7, 11) is 0. The number of halogens is 6. The van der Waals surface area contributed by atoms with Gasteiger partial charge >= 0.3 is 12.4 Å². The first-order chi connectivity index (χ1) is 14.8. The molecule has 0 unspecified atom stereocenters. The van der Waals surface area contributed by atoms with Crippen molar-refractivity contribution in [3.63, 3.8) is 0 Å². The van der Waals surface area contributed by atoms with E-state index >= 15 is 0 Å². The lowest BCUT2D eigenvalue weighted by molar-refractivity contribution is -0.143. The Kier molecular flexibility index (Phi) is 6.39. The van der Waals surface area contributed by atoms with Gasteiger partial charge in [0.15, 0.2) is 5.82 Å². The highest BCUT2D eigenvalue weighted by Crippen LogP contribution is 2.37. The molecule has 0 spiro atoms. The molecule has 0 aliphatic rings. The Bertz CT molecular complexity index is 1090. The van der Waals surface area contributed by atoms with Gasteiger partial charge in [-0.2, -0.15) is 26.3 Å². The molecule has 3 N–H and O–H groups in total. The first kappa shape index (κ1) is 23.4. The number of nitrogens with two attached hydrogens (primary N) is 1. The maximum Gasteiger partial charge on any atom is 0.416 e. The smallest absolute Gasteiger partial charge is 0.335 e. The number of amides is 1. The number of nitrogens with zero attached hydrogens (tertiary/aromatic N) is 3. The summed E-state index contributed by atoms with van der Waals surface area (Å²) >= 11 is 0.820. The zero-order valence-electron chi connectivity index (χ0n) is 16.3. The molecule has 0 aliphatic heterocycles. The molecule has 2 aromatic carbocycles. The third kappa shape index (κ3) is 5.52. The Balaban J connectivity index is 1.72. The lowest BCUT2D eigenvalue weighted by Crippen LogP contribution is -2.18. The maximum atomic E-state index is 12.9. The van der Waals surface area contributed by atoms with E-state index in [1.54, 1.807) is 12.1 Å². The van der Waals surface area contributed by atoms with Crippen molar-refractivity contribution in [1.29, 1.82) is 0 Å². The van der Waals surface area contributed by atoms with Crippen LogP contribution in [-0.2, 0) is 17.1 Å². The molecule has 0 atom stereocenters. The number of carbonyl (C=O) groups is 1. The average Bonchev–Trinajstić information content (AvgIpc) is 3.06. The fourth-order valence-electron chi connectivity index (χ4n) is 2.63. The number of alkyl halides is 6. The Morgan fingerprint density at radius 2 is 1.56 bits per heavy atom. The lowest BCUT2D eigenvalue weighted by atomic mass is 10.1. The Morgan fingerprint density at radius 3 is 2.09 bits per heavy atom. The van der Waals surface area contributed by atoms with Crippen molar-refractivity contribution in [2.75, 3.05) is 16.9 Å². The number of anilines is 1. The van der Waals surface area contributed by atoms with Gasteiger partial charge in [0.05, 0.1) is 16.9 Å². The second kappa shape index (κ2) is 8.73. The summed E-state index contributed by atoms with van der Waals surface area (Å²) in [5, 5.41) is 9.98. The zero-order valence-corrected chi connectivity index (χ0v) is 17.1. The van der Waals surface area contributed by atoms with Crippen molar-refractivity contribution in [3.05, 3.63) is 59.2 Å². The normalized spacial score (nSPS) is 12.1. The predicted octanol–water partition coefficient (Wildman–Crippen LogP) is 4.74. The lowest BCUT2D eigenvalue weighted by Gasteiger charge is -2.14. The van der Waals surface area contributed by atoms with Crippen molar-refractivity contribution in [2.24, 2.45) is 0 Å². The number of hydrogen-bond donors (Lipinski definition) is 2. The molecule has 0 saturated heterocycles. The summed E-state index contributed by atoms with van der Waals surface area (Å²) in [6.45, 7) is 1.90. The highest BCUT2D eigenvalue weighted by atomic mass is 32.2. The number of nitrogens with one attached hydrogen (secondary N) is 1. The van der Waals surface area contributed by atoms with E-state index in [1.165, 1.54) is 0 Å². The first-order valence-electron chi connectivity index (χ1n) is 8.84. The van der Waals surface area contributed by atoms with Crippen LogP contribution in [0, 0.1) is 6.92 Å². The summed E-state index contributed by atoms with van der Waals surface area (Å²) in [5.74, 6) is 5.04. The summed E-state index contributed by atoms with van der Waals surface area (Å²) in [6.07, 6.45) is -10.0. The molecule has 6 nitrogen and oxygen atoms in total. The van der Waals surface area contributed by atoms with E-state index in [1.807, 2.05) is 24.4 Å². The Labute approximate surface area is 181 Å². The van der Waals surface area contributed by atoms with E-state index < -0.39 is 35.1 Å². The monoisotopic (exact) mass is 475 g/mol. The van der Waals surface area contributed by atoms with Gasteiger partial charge in [0.1, 0.15) is 0 Å². The largest absolute Gasteiger partial charge is 0.416 e. The highest BCUT2D eigenvalue weighted by Gasteiger charge is 2.37. The highest BCUT2D eigenvalue weighted by molar-refractivity contribution is 7.99. The molecule has 0 bridgehead atoms. The fourth-order valence-corrected chi connectivity index (χ4v) is 3.29. The van der Waals surface area contributed by atoms with Gasteiger partial charge in [-0.05, 0) is 25.1 Å². The van der Waals surface area contributed by atoms with Crippen LogP contribution in [0.2, 0.25) is 0 Å². The molecule has 170 valence electrons. The number of aryl methyl sites for hydroxylation is 1. The van der Waals surface area contributed by atoms with E-state index in [-0.39, 0.29) is 17.0 Å². The number of rotatable bonds is 5. The standard InChI is InChI=1S/C19H15F6N5OS/c1-10-2-4-11(5-3-10)16-28-29-17(30(16)26)32-9-15(31)27-14-7-12(18(20,21)22)6-13(8-14)19(23,24)25/h2-8H,9,26H2,1H3,(H,27,31). The predicted molar refractivity (Wildman–Crippen MR) is 106 cm³/mol. The molecular formula is C19H15F6N5OS. The van der Waals surface area contributed by atoms with Crippen molar-refractivity contribution in [2.45, 2.75) is 24.4 Å². The minimum atomic E-state index is -5.02. The molecule has 1 aromatic heterocycles. The number of hydrogen-bond acceptors (Lipinski definition) is 5. The number of benzene rings is 2. The zero-order chi connectivity index (χ0) is 23.7. The van der Waals surface area contributed by atoms with Crippen LogP contribution in [0.3, 0.4) is 0 Å². The van der Waals surface area contributed by atoms with Gasteiger partial charge in [0, 0.05) is 11.3 Å². The number of thioether (sulfide) groups is 1. The molecular weight excluding hydrogens is 460 g/mol. The molecule has 32 heavy (non-hydrogen) atoms. The van der Waals surface area contributed by atoms with E-state index in [4.69, 9.17) is 5.84 Å². The van der Waals surface area contributed by atoms with Crippen LogP contribution < -0.4 is 11.2 Å². The van der Waals surface area contributed by atoms with Crippen LogP contribution in [-0.4, -0.2) is 26.5 Å². The number of aromatic nitrogens is 3. The third-order valence-corrected chi connectivity index (χ3v) is 5.12. The van der Waals surface area contributed by atoms with Gasteiger partial charge in [0.25, 0.3) is 0 Å². The second-order valence-corrected chi connectivity index (χ2v) is 7.62. The SMILES string of the molecule is Cc1ccc(-c2nnc(SCC(=O)Nc3cc(C(F)(F)F)cc(C(F)(F)F)c3)n2N)cc1. The van der Waals surface area contributed by atoms with Gasteiger partial charge in [0.2, 0.25) is 11.1 Å². The molecule has 3 aromatic rings. The maximum absolute atomic E-state index is 12.9. The second-order valence-electron chi connectivity index (χ2n) is 6.67. The molecule has 13 heteroatoms. The van der Waals surface area contributed by atoms with Crippen molar-refractivity contribution in [1.82, 2.24) is 14.9 Å². The average molecular weight is 475 g/mol. The van der Waals surface area contributed by atoms with Gasteiger partial charge in [-0.15, -0.1) is 10.2 Å². The molecule has 0 radical (unpaired) electrons.